The number of quaternary nitrogens is 1. The van der Waals surface area contributed by atoms with E-state index in [1.807, 2.05) is 18.2 Å². The summed E-state index contributed by atoms with van der Waals surface area (Å²) in [4.78, 5) is 2.79. The van der Waals surface area contributed by atoms with Crippen molar-refractivity contribution in [3.8, 4) is 0 Å². The lowest BCUT2D eigenvalue weighted by molar-refractivity contribution is 0.0231. The Balaban J connectivity index is 1.37. The quantitative estimate of drug-likeness (QED) is 0.401. The molecule has 178 valence electrons. The number of hydrogen-bond acceptors (Lipinski definition) is 3. The summed E-state index contributed by atoms with van der Waals surface area (Å²) in [6.45, 7) is 2.54. The number of nitrogens with zero attached hydrogens (tertiary/aromatic N) is 2. The van der Waals surface area contributed by atoms with Crippen LogP contribution in [0.4, 0.5) is 11.4 Å². The summed E-state index contributed by atoms with van der Waals surface area (Å²) in [7, 11) is 0. The minimum atomic E-state index is -0.192. The Hall–Kier alpha value is -1.88. The molecule has 2 aromatic rings. The van der Waals surface area contributed by atoms with E-state index in [2.05, 4.69) is 46.6 Å². The number of nitrogens with one attached hydrogen (secondary N) is 1. The molecule has 2 aliphatic heterocycles. The zero-order valence-corrected chi connectivity index (χ0v) is 20.2. The maximum Gasteiger partial charge on any atom is 0.158 e. The van der Waals surface area contributed by atoms with Gasteiger partial charge in [0, 0.05) is 37.5 Å². The largest absolute Gasteiger partial charge is 0.626 e. The summed E-state index contributed by atoms with van der Waals surface area (Å²) in [5, 5.41) is 17.4. The van der Waals surface area contributed by atoms with E-state index in [0.717, 1.165) is 37.3 Å². The summed E-state index contributed by atoms with van der Waals surface area (Å²) < 4.78 is -0.192. The molecule has 2 heterocycles. The Kier molecular flexibility index (Phi) is 7.05. The van der Waals surface area contributed by atoms with Crippen LogP contribution in [0.1, 0.15) is 82.6 Å². The first-order valence-electron chi connectivity index (χ1n) is 13.5. The number of likely N-dealkylation sites (tertiary alicyclic amines) is 1. The van der Waals surface area contributed by atoms with Gasteiger partial charge in [0.15, 0.2) is 12.4 Å². The average molecular weight is 448 g/mol. The standard InChI is InChI=1S/C29H41N3O/c33-32(24-30-27-16-10-11-17-28(27)32)26-18-22-31(23-19-26)29(25-14-8-7-9-15-25)20-12-5-3-1-2-4-6-13-21-29/h7-11,14-17,26,30H,1-6,12-13,18-24H2. The highest BCUT2D eigenvalue weighted by molar-refractivity contribution is 5.72. The molecule has 2 fully saturated rings. The van der Waals surface area contributed by atoms with Gasteiger partial charge in [0.2, 0.25) is 0 Å². The smallest absolute Gasteiger partial charge is 0.158 e. The summed E-state index contributed by atoms with van der Waals surface area (Å²) >= 11 is 0. The Labute approximate surface area is 200 Å². The van der Waals surface area contributed by atoms with E-state index in [1.165, 1.54) is 69.8 Å². The van der Waals surface area contributed by atoms with Crippen LogP contribution in [0.25, 0.3) is 0 Å². The first-order valence-corrected chi connectivity index (χ1v) is 13.5. The zero-order chi connectivity index (χ0) is 22.6. The molecule has 1 N–H and O–H groups in total. The maximum absolute atomic E-state index is 14.0. The molecular formula is C29H41N3O. The van der Waals surface area contributed by atoms with Crippen molar-refractivity contribution < 1.29 is 0 Å². The van der Waals surface area contributed by atoms with Gasteiger partial charge >= 0.3 is 0 Å². The van der Waals surface area contributed by atoms with Crippen molar-refractivity contribution >= 4 is 11.4 Å². The van der Waals surface area contributed by atoms with Crippen LogP contribution < -0.4 is 9.96 Å². The molecule has 0 radical (unpaired) electrons. The Morgan fingerprint density at radius 1 is 0.758 bits per heavy atom. The van der Waals surface area contributed by atoms with Crippen molar-refractivity contribution in [2.24, 2.45) is 0 Å². The molecule has 4 heteroatoms. The molecule has 0 aromatic heterocycles. The minimum Gasteiger partial charge on any atom is -0.626 e. The second-order valence-electron chi connectivity index (χ2n) is 10.6. The third kappa shape index (κ3) is 4.58. The van der Waals surface area contributed by atoms with E-state index in [-0.39, 0.29) is 16.2 Å². The van der Waals surface area contributed by atoms with Gasteiger partial charge < -0.3 is 15.2 Å². The zero-order valence-electron chi connectivity index (χ0n) is 20.2. The van der Waals surface area contributed by atoms with Gasteiger partial charge in [0.1, 0.15) is 5.69 Å². The van der Waals surface area contributed by atoms with Gasteiger partial charge in [-0.15, -0.1) is 0 Å². The number of hydrogen-bond donors (Lipinski definition) is 1. The van der Waals surface area contributed by atoms with Gasteiger partial charge in [-0.05, 0) is 24.5 Å². The molecule has 4 nitrogen and oxygen atoms in total. The highest BCUT2D eigenvalue weighted by Gasteiger charge is 2.44. The van der Waals surface area contributed by atoms with Crippen LogP contribution in [0.15, 0.2) is 54.6 Å². The van der Waals surface area contributed by atoms with Crippen molar-refractivity contribution in [2.45, 2.75) is 88.6 Å². The predicted molar refractivity (Wildman–Crippen MR) is 139 cm³/mol. The van der Waals surface area contributed by atoms with Gasteiger partial charge in [-0.3, -0.25) is 4.90 Å². The molecule has 3 aliphatic rings. The molecule has 1 saturated carbocycles. The van der Waals surface area contributed by atoms with E-state index in [1.54, 1.807) is 0 Å². The first-order chi connectivity index (χ1) is 16.2. The number of fused-ring (bicyclic) bond motifs is 1. The monoisotopic (exact) mass is 447 g/mol. The summed E-state index contributed by atoms with van der Waals surface area (Å²) in [6, 6.07) is 19.6. The highest BCUT2D eigenvalue weighted by atomic mass is 16.6. The van der Waals surface area contributed by atoms with Crippen LogP contribution in [0.3, 0.4) is 0 Å². The van der Waals surface area contributed by atoms with Crippen LogP contribution >= 0.6 is 0 Å². The SMILES string of the molecule is [O-][N+]1(C2CCN(C3(c4ccccc4)CCCCCCCCCC3)CC2)CNc2ccccc21. The Morgan fingerprint density at radius 2 is 1.33 bits per heavy atom. The number of hydroxylamine groups is 2. The van der Waals surface area contributed by atoms with Gasteiger partial charge in [0.05, 0.1) is 6.04 Å². The van der Waals surface area contributed by atoms with Crippen LogP contribution in [0.2, 0.25) is 0 Å². The van der Waals surface area contributed by atoms with Crippen LogP contribution in [-0.2, 0) is 5.54 Å². The number of anilines is 1. The van der Waals surface area contributed by atoms with Crippen molar-refractivity contribution in [1.29, 1.82) is 0 Å². The van der Waals surface area contributed by atoms with Crippen LogP contribution in [0, 0.1) is 5.21 Å². The van der Waals surface area contributed by atoms with E-state index >= 15 is 0 Å². The van der Waals surface area contributed by atoms with Crippen molar-refractivity contribution in [3.63, 3.8) is 0 Å². The van der Waals surface area contributed by atoms with Crippen molar-refractivity contribution in [3.05, 3.63) is 65.4 Å². The fourth-order valence-corrected chi connectivity index (χ4v) is 6.83. The number of piperidine rings is 1. The van der Waals surface area contributed by atoms with Gasteiger partial charge in [-0.1, -0.05) is 93.8 Å². The first kappa shape index (κ1) is 22.9. The second kappa shape index (κ2) is 10.2. The Morgan fingerprint density at radius 3 is 2.00 bits per heavy atom. The minimum absolute atomic E-state index is 0.130. The predicted octanol–water partition coefficient (Wildman–Crippen LogP) is 7.15. The Bertz CT molecular complexity index is 881. The molecule has 2 aromatic carbocycles. The average Bonchev–Trinajstić information content (AvgIpc) is 3.19. The lowest BCUT2D eigenvalue weighted by Crippen LogP contribution is -2.58. The van der Waals surface area contributed by atoms with Crippen LogP contribution in [-0.4, -0.2) is 30.7 Å². The normalized spacial score (nSPS) is 27.3. The highest BCUT2D eigenvalue weighted by Crippen LogP contribution is 2.45. The summed E-state index contributed by atoms with van der Waals surface area (Å²) in [5.41, 5.74) is 3.59. The molecule has 33 heavy (non-hydrogen) atoms. The van der Waals surface area contributed by atoms with Gasteiger partial charge in [-0.2, -0.15) is 0 Å². The number of rotatable bonds is 3. The van der Waals surface area contributed by atoms with Crippen molar-refractivity contribution in [2.75, 3.05) is 25.1 Å². The van der Waals surface area contributed by atoms with E-state index in [0.29, 0.717) is 6.67 Å². The lowest BCUT2D eigenvalue weighted by Gasteiger charge is -2.52. The van der Waals surface area contributed by atoms with Gasteiger partial charge in [0.25, 0.3) is 0 Å². The summed E-state index contributed by atoms with van der Waals surface area (Å²) in [6.07, 6.45) is 15.4. The number of para-hydroxylation sites is 2. The third-order valence-corrected chi connectivity index (χ3v) is 8.72. The molecule has 1 unspecified atom stereocenters. The lowest BCUT2D eigenvalue weighted by atomic mass is 9.77. The topological polar surface area (TPSA) is 38.3 Å². The van der Waals surface area contributed by atoms with Crippen LogP contribution in [0.5, 0.6) is 0 Å². The second-order valence-corrected chi connectivity index (χ2v) is 10.6. The molecule has 0 amide bonds. The molecule has 1 saturated heterocycles. The molecule has 5 rings (SSSR count). The third-order valence-electron chi connectivity index (χ3n) is 8.72. The van der Waals surface area contributed by atoms with E-state index in [9.17, 15) is 5.21 Å². The van der Waals surface area contributed by atoms with Crippen molar-refractivity contribution in [1.82, 2.24) is 9.55 Å². The van der Waals surface area contributed by atoms with E-state index in [4.69, 9.17) is 0 Å². The summed E-state index contributed by atoms with van der Waals surface area (Å²) in [5.74, 6) is 0. The molecule has 1 aliphatic carbocycles. The fourth-order valence-electron chi connectivity index (χ4n) is 6.83. The molecular weight excluding hydrogens is 406 g/mol. The molecule has 0 bridgehead atoms. The van der Waals surface area contributed by atoms with E-state index < -0.39 is 0 Å². The molecule has 0 spiro atoms. The van der Waals surface area contributed by atoms with Gasteiger partial charge in [-0.25, -0.2) is 0 Å². The number of benzene rings is 2. The maximum atomic E-state index is 14.0. The molecule has 1 atom stereocenters. The fraction of sp³-hybridized carbons (Fsp3) is 0.586.